The van der Waals surface area contributed by atoms with Gasteiger partial charge in [0.2, 0.25) is 0 Å². The van der Waals surface area contributed by atoms with Crippen molar-refractivity contribution in [1.82, 2.24) is 14.9 Å². The Morgan fingerprint density at radius 3 is 2.66 bits per heavy atom. The number of nitrogens with one attached hydrogen (secondary N) is 1. The normalized spacial score (nSPS) is 15.4. The molecule has 11 heteroatoms. The Morgan fingerprint density at radius 2 is 1.95 bits per heavy atom. The number of nitrogens with two attached hydrogens (primary N) is 2. The molecule has 0 saturated carbocycles. The molecular weight excluding hydrogens is 492 g/mol. The minimum Gasteiger partial charge on any atom is -0.397 e. The van der Waals surface area contributed by atoms with E-state index in [2.05, 4.69) is 20.2 Å². The van der Waals surface area contributed by atoms with E-state index in [0.29, 0.717) is 12.2 Å². The quantitative estimate of drug-likeness (QED) is 0.449. The van der Waals surface area contributed by atoms with E-state index in [4.69, 9.17) is 11.5 Å². The molecular formula is C27H31F2N7O2. The third-order valence-electron chi connectivity index (χ3n) is 6.66. The SMILES string of the molecule is CC(C)N(C)C(=O)c1ccc(F)c(-c2ccc(N)c(C(=O)Nc3cnccc3N3CCCC(N)C3)n2)c1F. The van der Waals surface area contributed by atoms with Crippen LogP contribution in [-0.4, -0.2) is 58.9 Å². The molecule has 3 aromatic rings. The lowest BCUT2D eigenvalue weighted by Gasteiger charge is -2.33. The van der Waals surface area contributed by atoms with Crippen LogP contribution in [0.3, 0.4) is 0 Å². The van der Waals surface area contributed by atoms with Gasteiger partial charge in [0.1, 0.15) is 11.6 Å². The van der Waals surface area contributed by atoms with Gasteiger partial charge in [-0.2, -0.15) is 0 Å². The van der Waals surface area contributed by atoms with Crippen molar-refractivity contribution in [3.05, 3.63) is 65.6 Å². The van der Waals surface area contributed by atoms with Crippen molar-refractivity contribution in [2.75, 3.05) is 36.1 Å². The summed E-state index contributed by atoms with van der Waals surface area (Å²) in [4.78, 5) is 37.7. The first-order chi connectivity index (χ1) is 18.1. The first kappa shape index (κ1) is 26.9. The highest BCUT2D eigenvalue weighted by Gasteiger charge is 2.26. The van der Waals surface area contributed by atoms with Gasteiger partial charge in [0.05, 0.1) is 40.1 Å². The van der Waals surface area contributed by atoms with Crippen LogP contribution < -0.4 is 21.7 Å². The Labute approximate surface area is 219 Å². The van der Waals surface area contributed by atoms with Gasteiger partial charge >= 0.3 is 0 Å². The molecule has 38 heavy (non-hydrogen) atoms. The van der Waals surface area contributed by atoms with Crippen molar-refractivity contribution in [3.63, 3.8) is 0 Å². The van der Waals surface area contributed by atoms with Crippen LogP contribution in [0.25, 0.3) is 11.3 Å². The summed E-state index contributed by atoms with van der Waals surface area (Å²) >= 11 is 0. The monoisotopic (exact) mass is 523 g/mol. The number of nitrogens with zero attached hydrogens (tertiary/aromatic N) is 4. The van der Waals surface area contributed by atoms with Gasteiger partial charge in [-0.25, -0.2) is 13.8 Å². The highest BCUT2D eigenvalue weighted by molar-refractivity contribution is 6.08. The van der Waals surface area contributed by atoms with Crippen LogP contribution in [0, 0.1) is 11.6 Å². The van der Waals surface area contributed by atoms with Gasteiger partial charge in [-0.15, -0.1) is 0 Å². The summed E-state index contributed by atoms with van der Waals surface area (Å²) < 4.78 is 30.3. The lowest BCUT2D eigenvalue weighted by molar-refractivity contribution is 0.0750. The molecule has 1 aliphatic heterocycles. The third-order valence-corrected chi connectivity index (χ3v) is 6.66. The molecule has 1 saturated heterocycles. The van der Waals surface area contributed by atoms with E-state index in [9.17, 15) is 14.0 Å². The van der Waals surface area contributed by atoms with Crippen molar-refractivity contribution >= 4 is 28.9 Å². The standard InChI is InChI=1S/C27H31F2N7O2/c1-15(2)35(3)27(38)17-6-7-18(28)23(24(17)29)20-9-8-19(31)25(33-20)26(37)34-21-13-32-11-10-22(21)36-12-4-5-16(30)14-36/h6-11,13,15-16H,4-5,12,14,30-31H2,1-3H3,(H,34,37). The minimum absolute atomic E-state index is 0.0159. The summed E-state index contributed by atoms with van der Waals surface area (Å²) in [6.07, 6.45) is 4.96. The van der Waals surface area contributed by atoms with Crippen LogP contribution in [0.4, 0.5) is 25.8 Å². The third kappa shape index (κ3) is 5.42. The number of nitrogen functional groups attached to an aromatic ring is 1. The number of hydrogen-bond donors (Lipinski definition) is 3. The predicted octanol–water partition coefficient (Wildman–Crippen LogP) is 3.66. The molecule has 1 unspecified atom stereocenters. The molecule has 3 heterocycles. The fourth-order valence-corrected chi connectivity index (χ4v) is 4.34. The number of benzene rings is 1. The largest absolute Gasteiger partial charge is 0.397 e. The van der Waals surface area contributed by atoms with Crippen molar-refractivity contribution in [3.8, 4) is 11.3 Å². The zero-order valence-electron chi connectivity index (χ0n) is 21.5. The number of piperidine rings is 1. The maximum atomic E-state index is 15.5. The first-order valence-electron chi connectivity index (χ1n) is 12.4. The molecule has 0 spiro atoms. The fourth-order valence-electron chi connectivity index (χ4n) is 4.34. The molecule has 0 radical (unpaired) electrons. The lowest BCUT2D eigenvalue weighted by Crippen LogP contribution is -2.43. The van der Waals surface area contributed by atoms with Crippen LogP contribution in [0.15, 0.2) is 42.7 Å². The second-order valence-electron chi connectivity index (χ2n) is 9.62. The fraction of sp³-hybridized carbons (Fsp3) is 0.333. The van der Waals surface area contributed by atoms with Crippen LogP contribution >= 0.6 is 0 Å². The maximum Gasteiger partial charge on any atom is 0.276 e. The van der Waals surface area contributed by atoms with E-state index in [-0.39, 0.29) is 34.7 Å². The van der Waals surface area contributed by atoms with E-state index in [1.165, 1.54) is 30.3 Å². The maximum absolute atomic E-state index is 15.5. The number of rotatable bonds is 6. The number of pyridine rings is 2. The lowest BCUT2D eigenvalue weighted by atomic mass is 10.0. The summed E-state index contributed by atoms with van der Waals surface area (Å²) in [5, 5.41) is 2.77. The second-order valence-corrected chi connectivity index (χ2v) is 9.62. The Hall–Kier alpha value is -4.12. The molecule has 200 valence electrons. The smallest absolute Gasteiger partial charge is 0.276 e. The number of halogens is 2. The van der Waals surface area contributed by atoms with Gasteiger partial charge in [0.15, 0.2) is 5.69 Å². The first-order valence-corrected chi connectivity index (χ1v) is 12.4. The number of carbonyl (C=O) groups excluding carboxylic acids is 2. The molecule has 1 fully saturated rings. The highest BCUT2D eigenvalue weighted by Crippen LogP contribution is 2.31. The van der Waals surface area contributed by atoms with E-state index >= 15 is 4.39 Å². The van der Waals surface area contributed by atoms with Crippen molar-refractivity contribution < 1.29 is 18.4 Å². The number of carbonyl (C=O) groups is 2. The molecule has 0 bridgehead atoms. The summed E-state index contributed by atoms with van der Waals surface area (Å²) in [5.41, 5.74) is 12.1. The van der Waals surface area contributed by atoms with Gasteiger partial charge in [-0.3, -0.25) is 14.6 Å². The Balaban J connectivity index is 1.68. The summed E-state index contributed by atoms with van der Waals surface area (Å²) in [7, 11) is 1.53. The van der Waals surface area contributed by atoms with Crippen LogP contribution in [0.1, 0.15) is 47.5 Å². The van der Waals surface area contributed by atoms with E-state index in [1.54, 1.807) is 26.1 Å². The average molecular weight is 524 g/mol. The number of amides is 2. The van der Waals surface area contributed by atoms with Crippen LogP contribution in [0.2, 0.25) is 0 Å². The second kappa shape index (κ2) is 11.1. The summed E-state index contributed by atoms with van der Waals surface area (Å²) in [6.45, 7) is 4.96. The van der Waals surface area contributed by atoms with Crippen LogP contribution in [0.5, 0.6) is 0 Å². The zero-order chi connectivity index (χ0) is 27.6. The number of anilines is 3. The van der Waals surface area contributed by atoms with E-state index in [0.717, 1.165) is 37.2 Å². The average Bonchev–Trinajstić information content (AvgIpc) is 2.89. The molecule has 5 N–H and O–H groups in total. The van der Waals surface area contributed by atoms with Gasteiger partial charge in [0, 0.05) is 38.4 Å². The number of hydrogen-bond acceptors (Lipinski definition) is 7. The van der Waals surface area contributed by atoms with Crippen molar-refractivity contribution in [1.29, 1.82) is 0 Å². The topological polar surface area (TPSA) is 130 Å². The van der Waals surface area contributed by atoms with Crippen molar-refractivity contribution in [2.24, 2.45) is 5.73 Å². The molecule has 0 aliphatic carbocycles. The molecule has 1 aromatic carbocycles. The van der Waals surface area contributed by atoms with Crippen LogP contribution in [-0.2, 0) is 0 Å². The molecule has 1 atom stereocenters. The molecule has 9 nitrogen and oxygen atoms in total. The Bertz CT molecular complexity index is 1370. The molecule has 2 amide bonds. The van der Waals surface area contributed by atoms with Gasteiger partial charge in [0.25, 0.3) is 11.8 Å². The number of aromatic nitrogens is 2. The zero-order valence-corrected chi connectivity index (χ0v) is 21.5. The summed E-state index contributed by atoms with van der Waals surface area (Å²) in [5.74, 6) is -3.27. The van der Waals surface area contributed by atoms with E-state index in [1.807, 2.05) is 0 Å². The minimum atomic E-state index is -1.07. The predicted molar refractivity (Wildman–Crippen MR) is 143 cm³/mol. The van der Waals surface area contributed by atoms with Gasteiger partial charge in [-0.05, 0) is 57.0 Å². The van der Waals surface area contributed by atoms with E-state index < -0.39 is 29.0 Å². The highest BCUT2D eigenvalue weighted by atomic mass is 19.1. The van der Waals surface area contributed by atoms with Crippen molar-refractivity contribution in [2.45, 2.75) is 38.8 Å². The van der Waals surface area contributed by atoms with Gasteiger partial charge < -0.3 is 26.6 Å². The Morgan fingerprint density at radius 1 is 1.18 bits per heavy atom. The molecule has 4 rings (SSSR count). The summed E-state index contributed by atoms with van der Waals surface area (Å²) in [6, 6.07) is 6.35. The Kier molecular flexibility index (Phi) is 7.86. The molecule has 2 aromatic heterocycles. The molecule has 1 aliphatic rings. The van der Waals surface area contributed by atoms with Gasteiger partial charge in [-0.1, -0.05) is 0 Å².